The SMILES string of the molecule is CC(N)C(C)C(=O)NC(Cc1ccccc1)C(=O)N1CCCC1.Cl. The van der Waals surface area contributed by atoms with E-state index in [1.807, 2.05) is 35.2 Å². The smallest absolute Gasteiger partial charge is 0.245 e. The quantitative estimate of drug-likeness (QED) is 0.818. The first-order valence-electron chi connectivity index (χ1n) is 8.37. The summed E-state index contributed by atoms with van der Waals surface area (Å²) in [6, 6.07) is 9.02. The lowest BCUT2D eigenvalue weighted by Crippen LogP contribution is -2.51. The second-order valence-electron chi connectivity index (χ2n) is 6.43. The van der Waals surface area contributed by atoms with Gasteiger partial charge in [-0.25, -0.2) is 0 Å². The molecule has 1 saturated heterocycles. The molecular weight excluding hydrogens is 326 g/mol. The van der Waals surface area contributed by atoms with Crippen LogP contribution in [0.3, 0.4) is 0 Å². The van der Waals surface area contributed by atoms with Gasteiger partial charge in [0.25, 0.3) is 0 Å². The van der Waals surface area contributed by atoms with Gasteiger partial charge in [0.2, 0.25) is 11.8 Å². The minimum atomic E-state index is -0.524. The molecule has 0 radical (unpaired) electrons. The summed E-state index contributed by atoms with van der Waals surface area (Å²) in [6.45, 7) is 5.16. The van der Waals surface area contributed by atoms with Crippen LogP contribution in [0.15, 0.2) is 30.3 Å². The third kappa shape index (κ3) is 5.49. The van der Waals surface area contributed by atoms with Crippen LogP contribution in [0.1, 0.15) is 32.3 Å². The number of likely N-dealkylation sites (tertiary alicyclic amines) is 1. The number of benzene rings is 1. The van der Waals surface area contributed by atoms with Crippen LogP contribution in [0.4, 0.5) is 0 Å². The van der Waals surface area contributed by atoms with Crippen LogP contribution in [0.5, 0.6) is 0 Å². The van der Waals surface area contributed by atoms with Crippen molar-refractivity contribution >= 4 is 24.2 Å². The van der Waals surface area contributed by atoms with Crippen molar-refractivity contribution in [2.24, 2.45) is 11.7 Å². The topological polar surface area (TPSA) is 75.4 Å². The molecule has 1 aromatic rings. The van der Waals surface area contributed by atoms with Gasteiger partial charge in [0.05, 0.1) is 0 Å². The van der Waals surface area contributed by atoms with Crippen molar-refractivity contribution in [3.05, 3.63) is 35.9 Å². The molecule has 0 bridgehead atoms. The van der Waals surface area contributed by atoms with E-state index in [2.05, 4.69) is 5.32 Å². The second-order valence-corrected chi connectivity index (χ2v) is 6.43. The first-order valence-corrected chi connectivity index (χ1v) is 8.37. The zero-order valence-corrected chi connectivity index (χ0v) is 15.2. The number of carbonyl (C=O) groups excluding carboxylic acids is 2. The zero-order valence-electron chi connectivity index (χ0n) is 14.4. The maximum atomic E-state index is 12.8. The standard InChI is InChI=1S/C18H27N3O2.ClH/c1-13(14(2)19)17(22)20-16(12-15-8-4-3-5-9-15)18(23)21-10-6-7-11-21;/h3-5,8-9,13-14,16H,6-7,10-12,19H2,1-2H3,(H,20,22);1H. The molecule has 1 aliphatic heterocycles. The van der Waals surface area contributed by atoms with Crippen molar-refractivity contribution in [3.63, 3.8) is 0 Å². The fourth-order valence-electron chi connectivity index (χ4n) is 2.75. The fraction of sp³-hybridized carbons (Fsp3) is 0.556. The van der Waals surface area contributed by atoms with Gasteiger partial charge in [-0.1, -0.05) is 37.3 Å². The van der Waals surface area contributed by atoms with Crippen LogP contribution < -0.4 is 11.1 Å². The van der Waals surface area contributed by atoms with E-state index in [4.69, 9.17) is 5.73 Å². The molecule has 0 saturated carbocycles. The number of nitrogens with one attached hydrogen (secondary N) is 1. The largest absolute Gasteiger partial charge is 0.344 e. The number of hydrogen-bond donors (Lipinski definition) is 2. The van der Waals surface area contributed by atoms with Gasteiger partial charge in [-0.3, -0.25) is 9.59 Å². The van der Waals surface area contributed by atoms with Gasteiger partial charge in [-0.05, 0) is 25.3 Å². The third-order valence-electron chi connectivity index (χ3n) is 4.52. The van der Waals surface area contributed by atoms with Crippen LogP contribution in [-0.4, -0.2) is 41.9 Å². The first-order chi connectivity index (χ1) is 11.0. The van der Waals surface area contributed by atoms with E-state index in [9.17, 15) is 9.59 Å². The van der Waals surface area contributed by atoms with Crippen LogP contribution >= 0.6 is 12.4 Å². The molecule has 134 valence electrons. The van der Waals surface area contributed by atoms with Gasteiger partial charge in [0.15, 0.2) is 0 Å². The number of carbonyl (C=O) groups is 2. The highest BCUT2D eigenvalue weighted by Gasteiger charge is 2.29. The minimum absolute atomic E-state index is 0. The number of hydrogen-bond acceptors (Lipinski definition) is 3. The molecule has 3 N–H and O–H groups in total. The van der Waals surface area contributed by atoms with Crippen LogP contribution in [0.2, 0.25) is 0 Å². The summed E-state index contributed by atoms with van der Waals surface area (Å²) in [5.41, 5.74) is 6.85. The lowest BCUT2D eigenvalue weighted by molar-refractivity contribution is -0.136. The summed E-state index contributed by atoms with van der Waals surface area (Å²) in [5.74, 6) is -0.468. The first kappa shape index (κ1) is 20.5. The Kier molecular flexibility index (Phi) is 8.22. The van der Waals surface area contributed by atoms with Crippen LogP contribution in [0, 0.1) is 5.92 Å². The van der Waals surface area contributed by atoms with Crippen molar-refractivity contribution < 1.29 is 9.59 Å². The summed E-state index contributed by atoms with van der Waals surface area (Å²) in [5, 5.41) is 2.91. The van der Waals surface area contributed by atoms with Gasteiger partial charge in [0.1, 0.15) is 6.04 Å². The molecule has 1 aliphatic rings. The molecule has 1 fully saturated rings. The predicted molar refractivity (Wildman–Crippen MR) is 98.0 cm³/mol. The normalized spacial score (nSPS) is 17.5. The van der Waals surface area contributed by atoms with Gasteiger partial charge < -0.3 is 16.0 Å². The molecule has 0 spiro atoms. The highest BCUT2D eigenvalue weighted by molar-refractivity contribution is 5.89. The highest BCUT2D eigenvalue weighted by Crippen LogP contribution is 2.13. The second kappa shape index (κ2) is 9.64. The number of rotatable bonds is 6. The number of nitrogens with zero attached hydrogens (tertiary/aromatic N) is 1. The zero-order chi connectivity index (χ0) is 16.8. The molecule has 0 aromatic heterocycles. The number of amides is 2. The molecule has 3 atom stereocenters. The van der Waals surface area contributed by atoms with Gasteiger partial charge in [-0.15, -0.1) is 12.4 Å². The molecule has 24 heavy (non-hydrogen) atoms. The molecule has 1 heterocycles. The maximum absolute atomic E-state index is 12.8. The van der Waals surface area contributed by atoms with Crippen molar-refractivity contribution in [2.75, 3.05) is 13.1 Å². The summed E-state index contributed by atoms with van der Waals surface area (Å²) in [4.78, 5) is 27.0. The monoisotopic (exact) mass is 353 g/mol. The van der Waals surface area contributed by atoms with E-state index < -0.39 is 6.04 Å². The lowest BCUT2D eigenvalue weighted by Gasteiger charge is -2.26. The Morgan fingerprint density at radius 2 is 1.75 bits per heavy atom. The molecular formula is C18H28ClN3O2. The molecule has 1 aromatic carbocycles. The Hall–Kier alpha value is -1.59. The summed E-state index contributed by atoms with van der Waals surface area (Å²) < 4.78 is 0. The lowest BCUT2D eigenvalue weighted by atomic mass is 10.0. The van der Waals surface area contributed by atoms with E-state index in [0.717, 1.165) is 31.5 Å². The predicted octanol–water partition coefficient (Wildman–Crippen LogP) is 1.74. The molecule has 3 unspecified atom stereocenters. The average Bonchev–Trinajstić information content (AvgIpc) is 3.08. The van der Waals surface area contributed by atoms with E-state index in [1.165, 1.54) is 0 Å². The number of nitrogens with two attached hydrogens (primary N) is 1. The molecule has 5 nitrogen and oxygen atoms in total. The molecule has 2 amide bonds. The fourth-order valence-corrected chi connectivity index (χ4v) is 2.75. The summed E-state index contributed by atoms with van der Waals surface area (Å²) >= 11 is 0. The Bertz CT molecular complexity index is 530. The van der Waals surface area contributed by atoms with Gasteiger partial charge >= 0.3 is 0 Å². The number of halogens is 1. The van der Waals surface area contributed by atoms with Crippen molar-refractivity contribution in [2.45, 2.75) is 45.2 Å². The molecule has 6 heteroatoms. The van der Waals surface area contributed by atoms with Crippen molar-refractivity contribution in [1.29, 1.82) is 0 Å². The Labute approximate surface area is 150 Å². The molecule has 2 rings (SSSR count). The van der Waals surface area contributed by atoms with Crippen LogP contribution in [-0.2, 0) is 16.0 Å². The molecule has 0 aliphatic carbocycles. The van der Waals surface area contributed by atoms with Crippen molar-refractivity contribution in [1.82, 2.24) is 10.2 Å². The van der Waals surface area contributed by atoms with Gasteiger partial charge in [0, 0.05) is 31.5 Å². The van der Waals surface area contributed by atoms with Crippen molar-refractivity contribution in [3.8, 4) is 0 Å². The van der Waals surface area contributed by atoms with E-state index in [0.29, 0.717) is 6.42 Å². The summed E-state index contributed by atoms with van der Waals surface area (Å²) in [7, 11) is 0. The Balaban J connectivity index is 0.00000288. The third-order valence-corrected chi connectivity index (χ3v) is 4.52. The van der Waals surface area contributed by atoms with E-state index >= 15 is 0 Å². The minimum Gasteiger partial charge on any atom is -0.344 e. The van der Waals surface area contributed by atoms with Gasteiger partial charge in [-0.2, -0.15) is 0 Å². The maximum Gasteiger partial charge on any atom is 0.245 e. The summed E-state index contributed by atoms with van der Waals surface area (Å²) in [6.07, 6.45) is 2.58. The Morgan fingerprint density at radius 1 is 1.17 bits per heavy atom. The van der Waals surface area contributed by atoms with E-state index in [-0.39, 0.29) is 36.2 Å². The Morgan fingerprint density at radius 3 is 2.29 bits per heavy atom. The highest BCUT2D eigenvalue weighted by atomic mass is 35.5. The van der Waals surface area contributed by atoms with Crippen LogP contribution in [0.25, 0.3) is 0 Å². The average molecular weight is 354 g/mol. The van der Waals surface area contributed by atoms with E-state index in [1.54, 1.807) is 13.8 Å².